The Labute approximate surface area is 120 Å². The zero-order valence-corrected chi connectivity index (χ0v) is 12.1. The summed E-state index contributed by atoms with van der Waals surface area (Å²) in [4.78, 5) is 14.6. The van der Waals surface area contributed by atoms with E-state index in [1.165, 1.54) is 18.6 Å². The first kappa shape index (κ1) is 13.1. The van der Waals surface area contributed by atoms with Gasteiger partial charge in [-0.15, -0.1) is 0 Å². The molecule has 2 aliphatic heterocycles. The third-order valence-corrected chi connectivity index (χ3v) is 4.59. The van der Waals surface area contributed by atoms with Crippen LogP contribution in [-0.2, 0) is 0 Å². The van der Waals surface area contributed by atoms with Crippen molar-refractivity contribution in [1.29, 1.82) is 0 Å². The Morgan fingerprint density at radius 2 is 2.21 bits per heavy atom. The number of carbonyl (C=O) groups is 1. The van der Waals surface area contributed by atoms with Gasteiger partial charge in [-0.1, -0.05) is 15.9 Å². The normalized spacial score (nSPS) is 26.4. The van der Waals surface area contributed by atoms with Gasteiger partial charge < -0.3 is 5.32 Å². The first-order chi connectivity index (χ1) is 9.15. The van der Waals surface area contributed by atoms with Crippen molar-refractivity contribution in [3.05, 3.63) is 34.1 Å². The molecule has 2 aliphatic rings. The third kappa shape index (κ3) is 2.54. The molecule has 0 bridgehead atoms. The molecule has 0 radical (unpaired) electrons. The second kappa shape index (κ2) is 5.21. The van der Waals surface area contributed by atoms with Crippen LogP contribution in [0.2, 0.25) is 0 Å². The number of benzene rings is 1. The number of nitrogens with zero attached hydrogens (tertiary/aromatic N) is 1. The predicted molar refractivity (Wildman–Crippen MR) is 74.6 cm³/mol. The highest BCUT2D eigenvalue weighted by Gasteiger charge is 2.38. The minimum Gasteiger partial charge on any atom is -0.348 e. The summed E-state index contributed by atoms with van der Waals surface area (Å²) < 4.78 is 14.4. The topological polar surface area (TPSA) is 32.3 Å². The molecular weight excluding hydrogens is 311 g/mol. The van der Waals surface area contributed by atoms with E-state index < -0.39 is 5.82 Å². The van der Waals surface area contributed by atoms with E-state index in [1.54, 1.807) is 6.07 Å². The quantitative estimate of drug-likeness (QED) is 0.905. The summed E-state index contributed by atoms with van der Waals surface area (Å²) in [7, 11) is 0. The Hall–Kier alpha value is -0.940. The van der Waals surface area contributed by atoms with Crippen molar-refractivity contribution in [2.45, 2.75) is 31.3 Å². The molecule has 0 aliphatic carbocycles. The first-order valence-electron chi connectivity index (χ1n) is 6.65. The summed E-state index contributed by atoms with van der Waals surface area (Å²) in [5, 5.41) is 2.99. The molecule has 2 heterocycles. The van der Waals surface area contributed by atoms with Crippen LogP contribution in [0.15, 0.2) is 22.7 Å². The average Bonchev–Trinajstić information content (AvgIpc) is 2.97. The summed E-state index contributed by atoms with van der Waals surface area (Å²) in [5.41, 5.74) is 0.117. The molecule has 2 unspecified atom stereocenters. The van der Waals surface area contributed by atoms with Crippen LogP contribution in [0.4, 0.5) is 4.39 Å². The summed E-state index contributed by atoms with van der Waals surface area (Å²) >= 11 is 3.27. The number of hydrogen-bond acceptors (Lipinski definition) is 2. The van der Waals surface area contributed by atoms with Crippen molar-refractivity contribution in [1.82, 2.24) is 10.2 Å². The lowest BCUT2D eigenvalue weighted by atomic mass is 10.1. The molecule has 2 saturated heterocycles. The standard InChI is InChI=1S/C14H16BrFN2O/c15-9-3-4-11(16)10(8-9)14(19)17-12-5-7-18-6-1-2-13(12)18/h3-4,8,12-13H,1-2,5-7H2,(H,17,19). The van der Waals surface area contributed by atoms with Gasteiger partial charge in [0.15, 0.2) is 0 Å². The van der Waals surface area contributed by atoms with Crippen LogP contribution >= 0.6 is 15.9 Å². The third-order valence-electron chi connectivity index (χ3n) is 4.10. The van der Waals surface area contributed by atoms with Gasteiger partial charge in [-0.2, -0.15) is 0 Å². The fourth-order valence-corrected chi connectivity index (χ4v) is 3.53. The van der Waals surface area contributed by atoms with Crippen LogP contribution in [0, 0.1) is 5.82 Å². The Kier molecular flexibility index (Phi) is 3.58. The lowest BCUT2D eigenvalue weighted by Gasteiger charge is -2.21. The van der Waals surface area contributed by atoms with Crippen molar-refractivity contribution in [2.24, 2.45) is 0 Å². The summed E-state index contributed by atoms with van der Waals surface area (Å²) in [6.45, 7) is 2.17. The SMILES string of the molecule is O=C(NC1CCN2CCCC12)c1cc(Br)ccc1F. The molecule has 0 spiro atoms. The lowest BCUT2D eigenvalue weighted by Crippen LogP contribution is -2.42. The van der Waals surface area contributed by atoms with Crippen LogP contribution in [0.25, 0.3) is 0 Å². The maximum atomic E-state index is 13.7. The number of halogens is 2. The van der Waals surface area contributed by atoms with E-state index in [9.17, 15) is 9.18 Å². The van der Waals surface area contributed by atoms with Gasteiger partial charge in [0.05, 0.1) is 5.56 Å². The number of hydrogen-bond donors (Lipinski definition) is 1. The van der Waals surface area contributed by atoms with E-state index >= 15 is 0 Å². The van der Waals surface area contributed by atoms with Crippen LogP contribution < -0.4 is 5.32 Å². The summed E-state index contributed by atoms with van der Waals surface area (Å²) in [5.74, 6) is -0.778. The van der Waals surface area contributed by atoms with E-state index in [4.69, 9.17) is 0 Å². The van der Waals surface area contributed by atoms with Crippen molar-refractivity contribution >= 4 is 21.8 Å². The molecular formula is C14H16BrFN2O. The van der Waals surface area contributed by atoms with Gasteiger partial charge in [-0.25, -0.2) is 4.39 Å². The zero-order valence-electron chi connectivity index (χ0n) is 10.5. The molecule has 3 nitrogen and oxygen atoms in total. The van der Waals surface area contributed by atoms with E-state index in [0.29, 0.717) is 10.5 Å². The van der Waals surface area contributed by atoms with Crippen LogP contribution in [0.5, 0.6) is 0 Å². The van der Waals surface area contributed by atoms with E-state index in [-0.39, 0.29) is 17.5 Å². The average molecular weight is 327 g/mol. The van der Waals surface area contributed by atoms with Gasteiger partial charge in [-0.3, -0.25) is 9.69 Å². The molecule has 2 fully saturated rings. The fraction of sp³-hybridized carbons (Fsp3) is 0.500. The Morgan fingerprint density at radius 3 is 3.05 bits per heavy atom. The molecule has 1 N–H and O–H groups in total. The number of fused-ring (bicyclic) bond motifs is 1. The Balaban J connectivity index is 1.73. The highest BCUT2D eigenvalue weighted by atomic mass is 79.9. The number of amides is 1. The van der Waals surface area contributed by atoms with Crippen molar-refractivity contribution in [2.75, 3.05) is 13.1 Å². The van der Waals surface area contributed by atoms with Gasteiger partial charge in [0.1, 0.15) is 5.82 Å². The number of nitrogens with one attached hydrogen (secondary N) is 1. The molecule has 102 valence electrons. The fourth-order valence-electron chi connectivity index (χ4n) is 3.17. The van der Waals surface area contributed by atoms with Gasteiger partial charge in [0.2, 0.25) is 0 Å². The minimum atomic E-state index is -0.470. The molecule has 19 heavy (non-hydrogen) atoms. The minimum absolute atomic E-state index is 0.117. The molecule has 2 atom stereocenters. The monoisotopic (exact) mass is 326 g/mol. The molecule has 1 amide bonds. The second-order valence-corrected chi connectivity index (χ2v) is 6.15. The maximum absolute atomic E-state index is 13.7. The molecule has 1 aromatic carbocycles. The summed E-state index contributed by atoms with van der Waals surface area (Å²) in [6, 6.07) is 5.05. The zero-order chi connectivity index (χ0) is 13.4. The van der Waals surface area contributed by atoms with Crippen molar-refractivity contribution < 1.29 is 9.18 Å². The van der Waals surface area contributed by atoms with E-state index in [0.717, 1.165) is 25.9 Å². The highest BCUT2D eigenvalue weighted by molar-refractivity contribution is 9.10. The Morgan fingerprint density at radius 1 is 1.37 bits per heavy atom. The van der Waals surface area contributed by atoms with Gasteiger partial charge in [0.25, 0.3) is 5.91 Å². The predicted octanol–water partition coefficient (Wildman–Crippen LogP) is 2.55. The van der Waals surface area contributed by atoms with Gasteiger partial charge in [0, 0.05) is 23.1 Å². The lowest BCUT2D eigenvalue weighted by molar-refractivity contribution is 0.0925. The first-order valence-corrected chi connectivity index (χ1v) is 7.44. The van der Waals surface area contributed by atoms with E-state index in [2.05, 4.69) is 26.1 Å². The largest absolute Gasteiger partial charge is 0.348 e. The number of rotatable bonds is 2. The van der Waals surface area contributed by atoms with Crippen molar-refractivity contribution in [3.8, 4) is 0 Å². The van der Waals surface area contributed by atoms with Crippen molar-refractivity contribution in [3.63, 3.8) is 0 Å². The van der Waals surface area contributed by atoms with Crippen LogP contribution in [0.1, 0.15) is 29.6 Å². The molecule has 5 heteroatoms. The van der Waals surface area contributed by atoms with Crippen LogP contribution in [0.3, 0.4) is 0 Å². The highest BCUT2D eigenvalue weighted by Crippen LogP contribution is 2.28. The second-order valence-electron chi connectivity index (χ2n) is 5.24. The van der Waals surface area contributed by atoms with Crippen LogP contribution in [-0.4, -0.2) is 36.0 Å². The smallest absolute Gasteiger partial charge is 0.254 e. The molecule has 0 aromatic heterocycles. The molecule has 1 aromatic rings. The molecule has 0 saturated carbocycles. The summed E-state index contributed by atoms with van der Waals surface area (Å²) in [6.07, 6.45) is 3.29. The van der Waals surface area contributed by atoms with E-state index in [1.807, 2.05) is 0 Å². The van der Waals surface area contributed by atoms with Gasteiger partial charge >= 0.3 is 0 Å². The molecule has 3 rings (SSSR count). The number of carbonyl (C=O) groups excluding carboxylic acids is 1. The Bertz CT molecular complexity index is 508. The maximum Gasteiger partial charge on any atom is 0.254 e. The van der Waals surface area contributed by atoms with Gasteiger partial charge in [-0.05, 0) is 44.0 Å².